The summed E-state index contributed by atoms with van der Waals surface area (Å²) in [5.74, 6) is -9.45. The van der Waals surface area contributed by atoms with Crippen LogP contribution in [0, 0.1) is 23.3 Å². The maximum absolute atomic E-state index is 15.7. The number of hydrogen-bond acceptors (Lipinski definition) is 2. The lowest BCUT2D eigenvalue weighted by Gasteiger charge is -2.45. The Hall–Kier alpha value is -1.52. The van der Waals surface area contributed by atoms with Crippen LogP contribution in [0.3, 0.4) is 0 Å². The van der Waals surface area contributed by atoms with Gasteiger partial charge < -0.3 is 9.16 Å². The Bertz CT molecular complexity index is 918. The summed E-state index contributed by atoms with van der Waals surface area (Å²) in [6.07, 6.45) is -0.977. The van der Waals surface area contributed by atoms with Crippen LogP contribution >= 0.6 is 15.9 Å². The van der Waals surface area contributed by atoms with Crippen LogP contribution in [0.15, 0.2) is 34.8 Å². The molecule has 0 amide bonds. The van der Waals surface area contributed by atoms with Gasteiger partial charge in [-0.25, -0.2) is 22.0 Å². The lowest BCUT2D eigenvalue weighted by atomic mass is 9.87. The van der Waals surface area contributed by atoms with Crippen molar-refractivity contribution in [3.63, 3.8) is 0 Å². The van der Waals surface area contributed by atoms with Crippen LogP contribution < -0.4 is 4.74 Å². The second kappa shape index (κ2) is 10.8. The Morgan fingerprint density at radius 2 is 1.45 bits per heavy atom. The van der Waals surface area contributed by atoms with Crippen molar-refractivity contribution in [3.8, 4) is 5.75 Å². The van der Waals surface area contributed by atoms with E-state index in [9.17, 15) is 17.6 Å². The Balaban J connectivity index is 2.39. The molecule has 0 aromatic heterocycles. The van der Waals surface area contributed by atoms with Gasteiger partial charge in [0.15, 0.2) is 25.7 Å². The zero-order chi connectivity index (χ0) is 25.0. The van der Waals surface area contributed by atoms with E-state index in [2.05, 4.69) is 15.9 Å². The van der Waals surface area contributed by atoms with E-state index in [4.69, 9.17) is 9.16 Å². The van der Waals surface area contributed by atoms with E-state index < -0.39 is 66.4 Å². The summed E-state index contributed by atoms with van der Waals surface area (Å²) in [7, 11) is -2.59. The van der Waals surface area contributed by atoms with Gasteiger partial charge in [0.25, 0.3) is 5.92 Å². The van der Waals surface area contributed by atoms with Gasteiger partial charge in [0.2, 0.25) is 5.82 Å². The predicted octanol–water partition coefficient (Wildman–Crippen LogP) is 8.35. The van der Waals surface area contributed by atoms with Crippen LogP contribution in [-0.2, 0) is 10.0 Å². The van der Waals surface area contributed by atoms with Gasteiger partial charge in [-0.1, -0.05) is 32.9 Å². The van der Waals surface area contributed by atoms with Gasteiger partial charge in [0.05, 0.1) is 11.1 Å². The molecule has 0 spiro atoms. The molecule has 184 valence electrons. The molecule has 0 saturated carbocycles. The first kappa shape index (κ1) is 27.7. The monoisotopic (exact) mass is 556 g/mol. The smallest absolute Gasteiger partial charge is 0.282 e. The zero-order valence-corrected chi connectivity index (χ0v) is 21.5. The van der Waals surface area contributed by atoms with Gasteiger partial charge in [-0.05, 0) is 64.7 Å². The third-order valence-corrected chi connectivity index (χ3v) is 11.5. The highest BCUT2D eigenvalue weighted by Crippen LogP contribution is 2.47. The maximum atomic E-state index is 15.7. The first-order chi connectivity index (χ1) is 15.4. The van der Waals surface area contributed by atoms with Crippen LogP contribution in [-0.4, -0.2) is 20.8 Å². The minimum absolute atomic E-state index is 0.0759. The van der Waals surface area contributed by atoms with Crippen molar-refractivity contribution in [2.24, 2.45) is 0 Å². The third-order valence-electron chi connectivity index (χ3n) is 6.18. The second-order valence-corrected chi connectivity index (χ2v) is 13.5. The van der Waals surface area contributed by atoms with Crippen molar-refractivity contribution in [2.45, 2.75) is 63.8 Å². The van der Waals surface area contributed by atoms with Crippen molar-refractivity contribution in [2.75, 3.05) is 6.61 Å². The second-order valence-electron chi connectivity index (χ2n) is 7.99. The van der Waals surface area contributed by atoms with E-state index in [1.807, 2.05) is 20.8 Å². The van der Waals surface area contributed by atoms with Crippen LogP contribution in [0.4, 0.5) is 26.3 Å². The van der Waals surface area contributed by atoms with E-state index >= 15 is 8.78 Å². The van der Waals surface area contributed by atoms with E-state index in [1.54, 1.807) is 0 Å². The van der Waals surface area contributed by atoms with Crippen LogP contribution in [0.2, 0.25) is 18.1 Å². The Labute approximate surface area is 199 Å². The quantitative estimate of drug-likeness (QED) is 0.157. The topological polar surface area (TPSA) is 18.5 Å². The summed E-state index contributed by atoms with van der Waals surface area (Å²) in [5, 5.41) is 0. The van der Waals surface area contributed by atoms with E-state index in [-0.39, 0.29) is 5.56 Å². The van der Waals surface area contributed by atoms with Gasteiger partial charge in [-0.2, -0.15) is 4.39 Å². The summed E-state index contributed by atoms with van der Waals surface area (Å²) in [6, 6.07) is 7.00. The molecule has 0 fully saturated rings. The zero-order valence-electron chi connectivity index (χ0n) is 18.9. The first-order valence-electron chi connectivity index (χ1n) is 10.7. The van der Waals surface area contributed by atoms with Crippen molar-refractivity contribution in [1.82, 2.24) is 0 Å². The largest absolute Gasteiger partial charge is 0.487 e. The fourth-order valence-corrected chi connectivity index (χ4v) is 7.16. The molecule has 0 N–H and O–H groups in total. The molecule has 1 atom stereocenters. The fourth-order valence-electron chi connectivity index (χ4n) is 3.71. The molecule has 10 heteroatoms. The normalized spacial score (nSPS) is 14.3. The summed E-state index contributed by atoms with van der Waals surface area (Å²) >= 11 is 2.73. The molecule has 2 aromatic rings. The molecule has 0 aliphatic rings. The van der Waals surface area contributed by atoms with E-state index in [0.717, 1.165) is 12.1 Å². The minimum atomic E-state index is -3.57. The van der Waals surface area contributed by atoms with Gasteiger partial charge in [-0.3, -0.25) is 0 Å². The summed E-state index contributed by atoms with van der Waals surface area (Å²) in [5.41, 5.74) is -2.07. The SMILES string of the molecule is CC[Si](CC)(CC)OC(C)(c1ccc(F)cc1)C(F)(F)CCOc1c(F)c(F)cc(Br)c1F. The number of halogens is 7. The summed E-state index contributed by atoms with van der Waals surface area (Å²) in [4.78, 5) is 0. The Morgan fingerprint density at radius 3 is 1.97 bits per heavy atom. The molecule has 33 heavy (non-hydrogen) atoms. The molecule has 0 radical (unpaired) electrons. The van der Waals surface area contributed by atoms with Crippen molar-refractivity contribution < 1.29 is 35.5 Å². The molecule has 0 aliphatic heterocycles. The number of benzene rings is 2. The van der Waals surface area contributed by atoms with Gasteiger partial charge in [-0.15, -0.1) is 0 Å². The standard InChI is InChI=1S/C23H27BrF6O2Si/c1-5-33(6-2,7-3)32-22(4,15-8-10-16(25)11-9-15)23(29,30)12-13-31-21-19(27)17(24)14-18(26)20(21)28/h8-11,14H,5-7,12-13H2,1-4H3. The number of ether oxygens (including phenoxy) is 1. The minimum Gasteiger partial charge on any atom is -0.487 e. The fraction of sp³-hybridized carbons (Fsp3) is 0.478. The first-order valence-corrected chi connectivity index (χ1v) is 14.0. The van der Waals surface area contributed by atoms with Crippen LogP contribution in [0.25, 0.3) is 0 Å². The molecule has 0 aliphatic carbocycles. The number of hydrogen-bond donors (Lipinski definition) is 0. The molecule has 0 saturated heterocycles. The number of alkyl halides is 2. The molecule has 0 bridgehead atoms. The molecule has 2 nitrogen and oxygen atoms in total. The van der Waals surface area contributed by atoms with Gasteiger partial charge in [0.1, 0.15) is 11.4 Å². The molecular weight excluding hydrogens is 530 g/mol. The molecule has 1 unspecified atom stereocenters. The molecule has 2 rings (SSSR count). The molecular formula is C23H27BrF6O2Si. The van der Waals surface area contributed by atoms with Crippen LogP contribution in [0.5, 0.6) is 5.75 Å². The lowest BCUT2D eigenvalue weighted by Crippen LogP contribution is -2.53. The highest BCUT2D eigenvalue weighted by Gasteiger charge is 2.55. The van der Waals surface area contributed by atoms with Crippen molar-refractivity contribution in [1.29, 1.82) is 0 Å². The average molecular weight is 557 g/mol. The molecule has 2 aromatic carbocycles. The van der Waals surface area contributed by atoms with Crippen molar-refractivity contribution in [3.05, 3.63) is 63.6 Å². The van der Waals surface area contributed by atoms with E-state index in [0.29, 0.717) is 24.2 Å². The van der Waals surface area contributed by atoms with E-state index in [1.165, 1.54) is 19.1 Å². The highest BCUT2D eigenvalue weighted by atomic mass is 79.9. The third kappa shape index (κ3) is 5.76. The Morgan fingerprint density at radius 1 is 0.909 bits per heavy atom. The summed E-state index contributed by atoms with van der Waals surface area (Å²) < 4.78 is 97.4. The number of rotatable bonds is 11. The van der Waals surface area contributed by atoms with Crippen molar-refractivity contribution >= 4 is 24.2 Å². The van der Waals surface area contributed by atoms with Gasteiger partial charge in [0, 0.05) is 6.42 Å². The maximum Gasteiger partial charge on any atom is 0.282 e. The lowest BCUT2D eigenvalue weighted by molar-refractivity contribution is -0.175. The molecule has 0 heterocycles. The average Bonchev–Trinajstić information content (AvgIpc) is 2.78. The van der Waals surface area contributed by atoms with Gasteiger partial charge >= 0.3 is 0 Å². The summed E-state index contributed by atoms with van der Waals surface area (Å²) in [6.45, 7) is 6.09. The predicted molar refractivity (Wildman–Crippen MR) is 121 cm³/mol. The Kier molecular flexibility index (Phi) is 9.09. The van der Waals surface area contributed by atoms with Crippen LogP contribution in [0.1, 0.15) is 39.7 Å². The highest BCUT2D eigenvalue weighted by molar-refractivity contribution is 9.10.